The fourth-order valence-corrected chi connectivity index (χ4v) is 4.48. The maximum Gasteiger partial charge on any atom is 0.351 e. The summed E-state index contributed by atoms with van der Waals surface area (Å²) >= 11 is 6.46. The molecular weight excluding hydrogens is 518 g/mol. The highest BCUT2D eigenvalue weighted by Gasteiger charge is 2.21. The van der Waals surface area contributed by atoms with Gasteiger partial charge in [-0.1, -0.05) is 72.6 Å². The summed E-state index contributed by atoms with van der Waals surface area (Å²) in [6, 6.07) is 22.5. The van der Waals surface area contributed by atoms with Gasteiger partial charge in [0, 0.05) is 18.1 Å². The minimum atomic E-state index is -0.522. The van der Waals surface area contributed by atoms with Crippen molar-refractivity contribution >= 4 is 11.6 Å². The van der Waals surface area contributed by atoms with Gasteiger partial charge in [0.15, 0.2) is 6.10 Å². The number of benzene rings is 3. The van der Waals surface area contributed by atoms with Gasteiger partial charge in [-0.25, -0.2) is 4.79 Å². The molecule has 0 spiro atoms. The Morgan fingerprint density at radius 1 is 1.03 bits per heavy atom. The zero-order valence-corrected chi connectivity index (χ0v) is 22.4. The summed E-state index contributed by atoms with van der Waals surface area (Å²) in [5.74, 6) is 2.38. The molecule has 11 heteroatoms. The summed E-state index contributed by atoms with van der Waals surface area (Å²) in [7, 11) is 1.57. The third-order valence-corrected chi connectivity index (χ3v) is 6.60. The van der Waals surface area contributed by atoms with Crippen LogP contribution in [0.25, 0.3) is 5.69 Å². The number of ether oxygens (including phenoxy) is 2. The third kappa shape index (κ3) is 5.85. The fraction of sp³-hybridized carbons (Fsp3) is 0.250. The van der Waals surface area contributed by atoms with E-state index in [1.54, 1.807) is 29.9 Å². The number of rotatable bonds is 11. The van der Waals surface area contributed by atoms with E-state index in [0.717, 1.165) is 24.0 Å². The van der Waals surface area contributed by atoms with E-state index in [0.29, 0.717) is 46.8 Å². The largest absolute Gasteiger partial charge is 0.497 e. The van der Waals surface area contributed by atoms with Crippen LogP contribution in [0.4, 0.5) is 0 Å². The van der Waals surface area contributed by atoms with E-state index in [4.69, 9.17) is 21.1 Å². The lowest BCUT2D eigenvalue weighted by atomic mass is 10.1. The number of halogens is 1. The van der Waals surface area contributed by atoms with Crippen molar-refractivity contribution in [2.24, 2.45) is 0 Å². The number of aromatic amines is 1. The zero-order valence-electron chi connectivity index (χ0n) is 21.6. The molecule has 0 amide bonds. The summed E-state index contributed by atoms with van der Waals surface area (Å²) in [6.45, 7) is 2.47. The molecule has 1 unspecified atom stereocenters. The van der Waals surface area contributed by atoms with Crippen LogP contribution in [0.5, 0.6) is 11.5 Å². The van der Waals surface area contributed by atoms with Gasteiger partial charge in [-0.2, -0.15) is 9.90 Å². The van der Waals surface area contributed by atoms with Crippen molar-refractivity contribution in [3.63, 3.8) is 0 Å². The highest BCUT2D eigenvalue weighted by atomic mass is 35.5. The molecule has 10 nitrogen and oxygen atoms in total. The molecule has 39 heavy (non-hydrogen) atoms. The summed E-state index contributed by atoms with van der Waals surface area (Å²) < 4.78 is 14.5. The first-order valence-corrected chi connectivity index (χ1v) is 13.0. The summed E-state index contributed by atoms with van der Waals surface area (Å²) in [6.07, 6.45) is 2.05. The van der Waals surface area contributed by atoms with E-state index in [2.05, 4.69) is 32.6 Å². The standard InChI is InChI=1S/C28H28ClN7O3/c1-3-4-10-25-32-36(24-16-15-22(38-2)17-23(24)29)28(37)35(25)18-19-11-13-21(14-12-19)39-26(27-30-33-34-31-27)20-8-6-5-7-9-20/h5-9,11-17,26H,3-4,10,18H2,1-2H3,(H,30,31,33,34). The van der Waals surface area contributed by atoms with Crippen molar-refractivity contribution in [3.05, 3.63) is 111 Å². The highest BCUT2D eigenvalue weighted by Crippen LogP contribution is 2.27. The number of hydrogen-bond donors (Lipinski definition) is 1. The molecule has 1 atom stereocenters. The van der Waals surface area contributed by atoms with Gasteiger partial charge in [-0.05, 0) is 36.2 Å². The second-order valence-corrected chi connectivity index (χ2v) is 9.35. The lowest BCUT2D eigenvalue weighted by Gasteiger charge is -2.16. The highest BCUT2D eigenvalue weighted by molar-refractivity contribution is 6.32. The normalized spacial score (nSPS) is 11.9. The Kier molecular flexibility index (Phi) is 8.02. The Morgan fingerprint density at radius 3 is 2.46 bits per heavy atom. The van der Waals surface area contributed by atoms with Gasteiger partial charge in [-0.3, -0.25) is 4.57 Å². The SMILES string of the molecule is CCCCc1nn(-c2ccc(OC)cc2Cl)c(=O)n1Cc1ccc(OC(c2ccccc2)c2nn[nH]n2)cc1. The van der Waals surface area contributed by atoms with Crippen molar-refractivity contribution in [1.29, 1.82) is 0 Å². The van der Waals surface area contributed by atoms with Crippen LogP contribution in [0.2, 0.25) is 5.02 Å². The van der Waals surface area contributed by atoms with Crippen LogP contribution in [-0.4, -0.2) is 42.1 Å². The molecule has 0 aliphatic rings. The summed E-state index contributed by atoms with van der Waals surface area (Å²) in [5.41, 5.74) is 2.09. The van der Waals surface area contributed by atoms with Gasteiger partial charge in [-0.15, -0.1) is 15.3 Å². The number of aryl methyl sites for hydroxylation is 1. The van der Waals surface area contributed by atoms with Gasteiger partial charge >= 0.3 is 5.69 Å². The molecule has 5 aromatic rings. The second-order valence-electron chi connectivity index (χ2n) is 8.94. The van der Waals surface area contributed by atoms with E-state index >= 15 is 0 Å². The van der Waals surface area contributed by atoms with E-state index in [1.807, 2.05) is 54.6 Å². The van der Waals surface area contributed by atoms with E-state index < -0.39 is 6.10 Å². The molecular formula is C28H28ClN7O3. The zero-order chi connectivity index (χ0) is 27.2. The van der Waals surface area contributed by atoms with Gasteiger partial charge < -0.3 is 9.47 Å². The molecule has 3 aromatic carbocycles. The molecule has 2 heterocycles. The monoisotopic (exact) mass is 545 g/mol. The fourth-order valence-electron chi connectivity index (χ4n) is 4.23. The Labute approximate surface area is 230 Å². The average Bonchev–Trinajstić information content (AvgIpc) is 3.60. The molecule has 200 valence electrons. The van der Waals surface area contributed by atoms with Crippen LogP contribution in [0, 0.1) is 0 Å². The number of nitrogens with zero attached hydrogens (tertiary/aromatic N) is 6. The van der Waals surface area contributed by atoms with Crippen LogP contribution in [0.3, 0.4) is 0 Å². The van der Waals surface area contributed by atoms with Crippen molar-refractivity contribution in [2.45, 2.75) is 38.8 Å². The predicted molar refractivity (Wildman–Crippen MR) is 147 cm³/mol. The van der Waals surface area contributed by atoms with Crippen LogP contribution < -0.4 is 15.2 Å². The topological polar surface area (TPSA) is 113 Å². The molecule has 0 radical (unpaired) electrons. The number of methoxy groups -OCH3 is 1. The molecule has 0 saturated carbocycles. The molecule has 0 aliphatic carbocycles. The first kappa shape index (κ1) is 26.2. The Bertz CT molecular complexity index is 1570. The van der Waals surface area contributed by atoms with Gasteiger partial charge in [0.2, 0.25) is 5.82 Å². The summed E-state index contributed by atoms with van der Waals surface area (Å²) in [4.78, 5) is 13.5. The average molecular weight is 546 g/mol. The Morgan fingerprint density at radius 2 is 1.79 bits per heavy atom. The number of unbranched alkanes of at least 4 members (excludes halogenated alkanes) is 1. The minimum Gasteiger partial charge on any atom is -0.497 e. The van der Waals surface area contributed by atoms with Crippen LogP contribution in [-0.2, 0) is 13.0 Å². The quantitative estimate of drug-likeness (QED) is 0.254. The molecule has 1 N–H and O–H groups in total. The molecule has 0 aliphatic heterocycles. The lowest BCUT2D eigenvalue weighted by molar-refractivity contribution is 0.237. The lowest BCUT2D eigenvalue weighted by Crippen LogP contribution is -2.25. The van der Waals surface area contributed by atoms with Crippen LogP contribution >= 0.6 is 11.6 Å². The summed E-state index contributed by atoms with van der Waals surface area (Å²) in [5, 5.41) is 19.4. The van der Waals surface area contributed by atoms with Gasteiger partial charge in [0.1, 0.15) is 17.3 Å². The van der Waals surface area contributed by atoms with E-state index in [-0.39, 0.29) is 5.69 Å². The number of hydrogen-bond acceptors (Lipinski definition) is 7. The van der Waals surface area contributed by atoms with Gasteiger partial charge in [0.05, 0.1) is 24.4 Å². The first-order chi connectivity index (χ1) is 19.1. The van der Waals surface area contributed by atoms with E-state index in [9.17, 15) is 4.79 Å². The number of aromatic nitrogens is 7. The van der Waals surface area contributed by atoms with Crippen LogP contribution in [0.1, 0.15) is 48.6 Å². The molecule has 0 fully saturated rings. The van der Waals surface area contributed by atoms with Gasteiger partial charge in [0.25, 0.3) is 0 Å². The molecule has 2 aromatic heterocycles. The Hall–Kier alpha value is -4.44. The molecule has 5 rings (SSSR count). The number of tetrazole rings is 1. The van der Waals surface area contributed by atoms with E-state index in [1.165, 1.54) is 4.68 Å². The second kappa shape index (κ2) is 12.0. The minimum absolute atomic E-state index is 0.255. The Balaban J connectivity index is 1.40. The maximum absolute atomic E-state index is 13.5. The number of nitrogens with one attached hydrogen (secondary N) is 1. The van der Waals surface area contributed by atoms with Crippen LogP contribution in [0.15, 0.2) is 77.6 Å². The number of H-pyrrole nitrogens is 1. The molecule has 0 saturated heterocycles. The van der Waals surface area contributed by atoms with Crippen molar-refractivity contribution in [2.75, 3.05) is 7.11 Å². The first-order valence-electron chi connectivity index (χ1n) is 12.6. The smallest absolute Gasteiger partial charge is 0.351 e. The molecule has 0 bridgehead atoms. The predicted octanol–water partition coefficient (Wildman–Crippen LogP) is 4.77. The maximum atomic E-state index is 13.5. The third-order valence-electron chi connectivity index (χ3n) is 6.29. The van der Waals surface area contributed by atoms with Crippen molar-refractivity contribution in [3.8, 4) is 17.2 Å². The van der Waals surface area contributed by atoms with Crippen molar-refractivity contribution < 1.29 is 9.47 Å². The van der Waals surface area contributed by atoms with Crippen molar-refractivity contribution in [1.82, 2.24) is 35.0 Å².